The fourth-order valence-electron chi connectivity index (χ4n) is 0.879. The van der Waals surface area contributed by atoms with Gasteiger partial charge >= 0.3 is 0 Å². The van der Waals surface area contributed by atoms with Crippen LogP contribution in [0.5, 0.6) is 0 Å². The first kappa shape index (κ1) is 15.0. The maximum Gasteiger partial charge on any atom is 0.0371 e. The predicted octanol–water partition coefficient (Wildman–Crippen LogP) is 3.14. The highest BCUT2D eigenvalue weighted by Crippen LogP contribution is 2.02. The third kappa shape index (κ3) is 6.67. The molecule has 0 aromatic carbocycles. The molecule has 1 rings (SSSR count). The Kier molecular flexibility index (Phi) is 11.1. The highest BCUT2D eigenvalue weighted by molar-refractivity contribution is 5.85. The van der Waals surface area contributed by atoms with Crippen LogP contribution in [-0.2, 0) is 0 Å². The van der Waals surface area contributed by atoms with Gasteiger partial charge in [0.25, 0.3) is 0 Å². The summed E-state index contributed by atoms with van der Waals surface area (Å²) >= 11 is 0. The number of nitrogens with zero attached hydrogens (tertiary/aromatic N) is 1. The van der Waals surface area contributed by atoms with E-state index in [1.54, 1.807) is 12.4 Å². The summed E-state index contributed by atoms with van der Waals surface area (Å²) in [6.45, 7) is 3.24. The van der Waals surface area contributed by atoms with Crippen LogP contribution in [0, 0.1) is 0 Å². The molecule has 1 N–H and O–H groups in total. The zero-order valence-corrected chi connectivity index (χ0v) is 9.33. The van der Waals surface area contributed by atoms with Crippen LogP contribution in [0.2, 0.25) is 0 Å². The fraction of sp³-hybridized carbons (Fsp3) is 0.444. The van der Waals surface area contributed by atoms with E-state index < -0.39 is 0 Å². The summed E-state index contributed by atoms with van der Waals surface area (Å²) in [7, 11) is 0. The van der Waals surface area contributed by atoms with E-state index in [0.29, 0.717) is 0 Å². The molecule has 4 heteroatoms. The van der Waals surface area contributed by atoms with Crippen LogP contribution in [0.25, 0.3) is 0 Å². The minimum atomic E-state index is 0. The van der Waals surface area contributed by atoms with Crippen LogP contribution in [0.4, 0.5) is 5.69 Å². The molecule has 0 amide bonds. The molecule has 0 aliphatic rings. The van der Waals surface area contributed by atoms with Crippen LogP contribution >= 0.6 is 24.8 Å². The number of nitrogens with one attached hydrogen (secondary N) is 1. The van der Waals surface area contributed by atoms with Crippen LogP contribution in [0.3, 0.4) is 0 Å². The van der Waals surface area contributed by atoms with Gasteiger partial charge in [0.15, 0.2) is 0 Å². The second-order valence-electron chi connectivity index (χ2n) is 2.52. The summed E-state index contributed by atoms with van der Waals surface area (Å²) in [5, 5.41) is 3.31. The van der Waals surface area contributed by atoms with Gasteiger partial charge in [-0.25, -0.2) is 0 Å². The Morgan fingerprint density at radius 3 is 2.38 bits per heavy atom. The normalized spacial score (nSPS) is 8.08. The van der Waals surface area contributed by atoms with Crippen molar-refractivity contribution in [2.24, 2.45) is 0 Å². The van der Waals surface area contributed by atoms with Crippen molar-refractivity contribution in [3.05, 3.63) is 24.5 Å². The second-order valence-corrected chi connectivity index (χ2v) is 2.52. The van der Waals surface area contributed by atoms with E-state index in [4.69, 9.17) is 0 Å². The molecular weight excluding hydrogens is 207 g/mol. The fourth-order valence-corrected chi connectivity index (χ4v) is 0.879. The van der Waals surface area contributed by atoms with Crippen molar-refractivity contribution < 1.29 is 0 Å². The summed E-state index contributed by atoms with van der Waals surface area (Å²) in [5.41, 5.74) is 1.16. The van der Waals surface area contributed by atoms with Gasteiger partial charge in [-0.1, -0.05) is 13.3 Å². The van der Waals surface area contributed by atoms with Crippen molar-refractivity contribution in [3.63, 3.8) is 0 Å². The number of hydrogen-bond donors (Lipinski definition) is 1. The summed E-state index contributed by atoms with van der Waals surface area (Å²) in [4.78, 5) is 3.93. The highest BCUT2D eigenvalue weighted by atomic mass is 35.5. The number of pyridine rings is 1. The van der Waals surface area contributed by atoms with Crippen molar-refractivity contribution in [1.29, 1.82) is 0 Å². The van der Waals surface area contributed by atoms with Gasteiger partial charge in [-0.3, -0.25) is 4.98 Å². The monoisotopic (exact) mass is 222 g/mol. The van der Waals surface area contributed by atoms with E-state index in [-0.39, 0.29) is 24.8 Å². The number of anilines is 1. The van der Waals surface area contributed by atoms with Gasteiger partial charge in [-0.05, 0) is 18.6 Å². The first-order chi connectivity index (χ1) is 5.43. The summed E-state index contributed by atoms with van der Waals surface area (Å²) in [6.07, 6.45) is 6.06. The lowest BCUT2D eigenvalue weighted by molar-refractivity contribution is 0.834. The Hall–Kier alpha value is -0.470. The standard InChI is InChI=1S/C9H14N2.2ClH/c1-2-3-6-11-9-4-7-10-8-5-9;;/h4-5,7-8H,2-3,6H2,1H3,(H,10,11);2*1H. The zero-order chi connectivity index (χ0) is 7.94. The molecule has 0 unspecified atom stereocenters. The average Bonchev–Trinajstić information content (AvgIpc) is 2.07. The van der Waals surface area contributed by atoms with E-state index in [9.17, 15) is 0 Å². The molecule has 0 bridgehead atoms. The first-order valence-electron chi connectivity index (χ1n) is 4.07. The molecule has 0 fully saturated rings. The Morgan fingerprint density at radius 1 is 1.23 bits per heavy atom. The Balaban J connectivity index is 0. The first-order valence-corrected chi connectivity index (χ1v) is 4.07. The Labute approximate surface area is 92.0 Å². The average molecular weight is 223 g/mol. The van der Waals surface area contributed by atoms with Crippen molar-refractivity contribution >= 4 is 30.5 Å². The minimum absolute atomic E-state index is 0. The molecule has 13 heavy (non-hydrogen) atoms. The molecule has 0 aliphatic heterocycles. The third-order valence-electron chi connectivity index (χ3n) is 1.54. The van der Waals surface area contributed by atoms with Gasteiger partial charge in [-0.2, -0.15) is 0 Å². The van der Waals surface area contributed by atoms with Crippen LogP contribution < -0.4 is 5.32 Å². The van der Waals surface area contributed by atoms with Gasteiger partial charge in [0.2, 0.25) is 0 Å². The van der Waals surface area contributed by atoms with Gasteiger partial charge in [0, 0.05) is 24.6 Å². The van der Waals surface area contributed by atoms with Gasteiger partial charge < -0.3 is 5.32 Å². The number of aromatic nitrogens is 1. The van der Waals surface area contributed by atoms with Crippen LogP contribution in [0.15, 0.2) is 24.5 Å². The molecule has 1 aromatic rings. The van der Waals surface area contributed by atoms with Gasteiger partial charge in [-0.15, -0.1) is 24.8 Å². The van der Waals surface area contributed by atoms with E-state index in [0.717, 1.165) is 12.2 Å². The molecule has 1 aromatic heterocycles. The quantitative estimate of drug-likeness (QED) is 0.793. The van der Waals surface area contributed by atoms with E-state index >= 15 is 0 Å². The number of rotatable bonds is 4. The van der Waals surface area contributed by atoms with Crippen molar-refractivity contribution in [1.82, 2.24) is 4.98 Å². The molecule has 0 saturated heterocycles. The molecule has 0 atom stereocenters. The summed E-state index contributed by atoms with van der Waals surface area (Å²) in [5.74, 6) is 0. The second kappa shape index (κ2) is 9.62. The van der Waals surface area contributed by atoms with E-state index in [2.05, 4.69) is 17.2 Å². The minimum Gasteiger partial charge on any atom is -0.385 e. The lowest BCUT2D eigenvalue weighted by Gasteiger charge is -2.02. The molecule has 76 valence electrons. The van der Waals surface area contributed by atoms with E-state index in [1.807, 2.05) is 12.1 Å². The summed E-state index contributed by atoms with van der Waals surface area (Å²) in [6, 6.07) is 3.96. The topological polar surface area (TPSA) is 24.9 Å². The SMILES string of the molecule is CCCCNc1ccncc1.Cl.Cl. The lowest BCUT2D eigenvalue weighted by Crippen LogP contribution is -2.00. The number of unbranched alkanes of at least 4 members (excludes halogenated alkanes) is 1. The smallest absolute Gasteiger partial charge is 0.0371 e. The predicted molar refractivity (Wildman–Crippen MR) is 62.1 cm³/mol. The lowest BCUT2D eigenvalue weighted by atomic mass is 10.3. The molecule has 2 nitrogen and oxygen atoms in total. The molecule has 0 radical (unpaired) electrons. The van der Waals surface area contributed by atoms with Gasteiger partial charge in [0.05, 0.1) is 0 Å². The van der Waals surface area contributed by atoms with Crippen LogP contribution in [0.1, 0.15) is 19.8 Å². The Bertz CT molecular complexity index is 192. The maximum atomic E-state index is 3.93. The summed E-state index contributed by atoms with van der Waals surface area (Å²) < 4.78 is 0. The molecule has 0 aliphatic carbocycles. The number of hydrogen-bond acceptors (Lipinski definition) is 2. The largest absolute Gasteiger partial charge is 0.385 e. The van der Waals surface area contributed by atoms with Crippen LogP contribution in [-0.4, -0.2) is 11.5 Å². The van der Waals surface area contributed by atoms with Crippen molar-refractivity contribution in [3.8, 4) is 0 Å². The zero-order valence-electron chi connectivity index (χ0n) is 7.69. The molecular formula is C9H16Cl2N2. The Morgan fingerprint density at radius 2 is 1.85 bits per heavy atom. The van der Waals surface area contributed by atoms with Crippen molar-refractivity contribution in [2.75, 3.05) is 11.9 Å². The number of halogens is 2. The maximum absolute atomic E-state index is 3.93. The molecule has 0 saturated carbocycles. The van der Waals surface area contributed by atoms with Crippen molar-refractivity contribution in [2.45, 2.75) is 19.8 Å². The van der Waals surface area contributed by atoms with Gasteiger partial charge in [0.1, 0.15) is 0 Å². The van der Waals surface area contributed by atoms with E-state index in [1.165, 1.54) is 12.8 Å². The molecule has 1 heterocycles. The third-order valence-corrected chi connectivity index (χ3v) is 1.54. The highest BCUT2D eigenvalue weighted by Gasteiger charge is 1.86. The molecule has 0 spiro atoms.